The first-order valence-corrected chi connectivity index (χ1v) is 10.3. The third-order valence-corrected chi connectivity index (χ3v) is 5.40. The molecule has 0 unspecified atom stereocenters. The number of nitrogens with zero attached hydrogens (tertiary/aromatic N) is 4. The minimum absolute atomic E-state index is 0.0304. The maximum absolute atomic E-state index is 13.2. The molecule has 0 aliphatic carbocycles. The molecule has 0 atom stereocenters. The molecule has 1 aliphatic heterocycles. The van der Waals surface area contributed by atoms with Crippen molar-refractivity contribution in [2.24, 2.45) is 0 Å². The second-order valence-electron chi connectivity index (χ2n) is 7.34. The maximum atomic E-state index is 13.2. The van der Waals surface area contributed by atoms with E-state index in [1.807, 2.05) is 6.07 Å². The zero-order valence-corrected chi connectivity index (χ0v) is 17.5. The molecule has 10 heteroatoms. The first kappa shape index (κ1) is 21.2. The van der Waals surface area contributed by atoms with Crippen LogP contribution in [0.1, 0.15) is 10.4 Å². The van der Waals surface area contributed by atoms with Crippen molar-refractivity contribution in [1.29, 1.82) is 5.41 Å². The number of rotatable bonds is 7. The summed E-state index contributed by atoms with van der Waals surface area (Å²) in [5, 5.41) is 11.8. The standard InChI is InChI=1S/C21H26N6O4/c1-30-11-5-23-20(28)15-14-16-19(24-17-4-2-3-6-26(17)21(16)29)27(18(15)22)8-7-25-9-12-31-13-10-25/h2-4,6,14,22H,5,7-13H2,1H3,(H,23,28). The van der Waals surface area contributed by atoms with Crippen LogP contribution in [0.25, 0.3) is 16.7 Å². The molecule has 2 N–H and O–H groups in total. The molecule has 4 rings (SSSR count). The largest absolute Gasteiger partial charge is 0.383 e. The van der Waals surface area contributed by atoms with Gasteiger partial charge >= 0.3 is 0 Å². The number of morpholine rings is 1. The van der Waals surface area contributed by atoms with Crippen LogP contribution >= 0.6 is 0 Å². The van der Waals surface area contributed by atoms with Crippen molar-refractivity contribution in [1.82, 2.24) is 24.2 Å². The fourth-order valence-corrected chi connectivity index (χ4v) is 3.71. The van der Waals surface area contributed by atoms with E-state index in [9.17, 15) is 9.59 Å². The number of methoxy groups -OCH3 is 1. The van der Waals surface area contributed by atoms with Gasteiger partial charge in [-0.15, -0.1) is 0 Å². The first-order valence-electron chi connectivity index (χ1n) is 10.3. The first-order chi connectivity index (χ1) is 15.1. The van der Waals surface area contributed by atoms with Crippen molar-refractivity contribution in [3.05, 3.63) is 51.9 Å². The molecule has 1 fully saturated rings. The Bertz CT molecular complexity index is 1210. The quantitative estimate of drug-likeness (QED) is 0.401. The van der Waals surface area contributed by atoms with Crippen molar-refractivity contribution in [2.45, 2.75) is 6.54 Å². The van der Waals surface area contributed by atoms with Gasteiger partial charge in [0, 0.05) is 46.0 Å². The third kappa shape index (κ3) is 4.36. The van der Waals surface area contributed by atoms with E-state index in [0.717, 1.165) is 13.1 Å². The number of ether oxygens (including phenoxy) is 2. The van der Waals surface area contributed by atoms with Gasteiger partial charge in [0.15, 0.2) is 0 Å². The molecule has 0 bridgehead atoms. The van der Waals surface area contributed by atoms with Crippen molar-refractivity contribution >= 4 is 22.6 Å². The van der Waals surface area contributed by atoms with E-state index in [2.05, 4.69) is 15.2 Å². The van der Waals surface area contributed by atoms with Gasteiger partial charge in [0.2, 0.25) is 0 Å². The van der Waals surface area contributed by atoms with E-state index in [1.165, 1.54) is 10.5 Å². The zero-order chi connectivity index (χ0) is 21.8. The highest BCUT2D eigenvalue weighted by Crippen LogP contribution is 2.11. The van der Waals surface area contributed by atoms with Gasteiger partial charge in [0.25, 0.3) is 11.5 Å². The van der Waals surface area contributed by atoms with Gasteiger partial charge in [-0.1, -0.05) is 6.07 Å². The molecule has 1 saturated heterocycles. The average Bonchev–Trinajstić information content (AvgIpc) is 2.79. The lowest BCUT2D eigenvalue weighted by atomic mass is 10.2. The molecular formula is C21H26N6O4. The molecule has 0 aromatic carbocycles. The Hall–Kier alpha value is -3.08. The zero-order valence-electron chi connectivity index (χ0n) is 17.5. The molecule has 0 radical (unpaired) electrons. The molecule has 0 spiro atoms. The van der Waals surface area contributed by atoms with Crippen LogP contribution in [-0.2, 0) is 16.0 Å². The van der Waals surface area contributed by atoms with Crippen molar-refractivity contribution in [2.75, 3.05) is 53.1 Å². The topological polar surface area (TPSA) is 114 Å². The number of aromatic nitrogens is 3. The fourth-order valence-electron chi connectivity index (χ4n) is 3.71. The number of fused-ring (bicyclic) bond motifs is 2. The molecule has 31 heavy (non-hydrogen) atoms. The summed E-state index contributed by atoms with van der Waals surface area (Å²) in [6.07, 6.45) is 1.65. The number of carbonyl (C=O) groups excluding carboxylic acids is 1. The summed E-state index contributed by atoms with van der Waals surface area (Å²) in [7, 11) is 1.55. The van der Waals surface area contributed by atoms with Crippen LogP contribution in [0.2, 0.25) is 0 Å². The third-order valence-electron chi connectivity index (χ3n) is 5.40. The van der Waals surface area contributed by atoms with Crippen LogP contribution in [0.5, 0.6) is 0 Å². The van der Waals surface area contributed by atoms with E-state index in [4.69, 9.17) is 14.9 Å². The SMILES string of the molecule is COCCNC(=O)c1cc2c(=O)n3ccccc3nc2n(CCN2CCOCC2)c1=N. The number of hydrogen-bond acceptors (Lipinski definition) is 7. The van der Waals surface area contributed by atoms with Gasteiger partial charge in [-0.05, 0) is 18.2 Å². The fraction of sp³-hybridized carbons (Fsp3) is 0.429. The number of pyridine rings is 2. The Morgan fingerprint density at radius 3 is 2.87 bits per heavy atom. The smallest absolute Gasteiger partial charge is 0.267 e. The lowest BCUT2D eigenvalue weighted by molar-refractivity contribution is 0.0363. The highest BCUT2D eigenvalue weighted by molar-refractivity contribution is 5.96. The second kappa shape index (κ2) is 9.38. The molecule has 4 heterocycles. The van der Waals surface area contributed by atoms with Crippen molar-refractivity contribution in [3.8, 4) is 0 Å². The van der Waals surface area contributed by atoms with Gasteiger partial charge in [-0.25, -0.2) is 4.98 Å². The van der Waals surface area contributed by atoms with Crippen LogP contribution in [0, 0.1) is 5.41 Å². The molecule has 10 nitrogen and oxygen atoms in total. The molecule has 3 aromatic heterocycles. The average molecular weight is 426 g/mol. The predicted octanol–water partition coefficient (Wildman–Crippen LogP) is -0.163. The molecular weight excluding hydrogens is 400 g/mol. The van der Waals surface area contributed by atoms with Crippen LogP contribution < -0.4 is 16.4 Å². The van der Waals surface area contributed by atoms with E-state index >= 15 is 0 Å². The Kier molecular flexibility index (Phi) is 6.40. The van der Waals surface area contributed by atoms with Crippen LogP contribution in [0.15, 0.2) is 35.3 Å². The minimum Gasteiger partial charge on any atom is -0.383 e. The van der Waals surface area contributed by atoms with E-state index in [-0.39, 0.29) is 16.6 Å². The monoisotopic (exact) mass is 426 g/mol. The highest BCUT2D eigenvalue weighted by Gasteiger charge is 2.18. The van der Waals surface area contributed by atoms with Crippen molar-refractivity contribution in [3.63, 3.8) is 0 Å². The Morgan fingerprint density at radius 1 is 1.29 bits per heavy atom. The van der Waals surface area contributed by atoms with Gasteiger partial charge in [-0.3, -0.25) is 24.3 Å². The van der Waals surface area contributed by atoms with E-state index in [0.29, 0.717) is 56.1 Å². The summed E-state index contributed by atoms with van der Waals surface area (Å²) < 4.78 is 13.5. The summed E-state index contributed by atoms with van der Waals surface area (Å²) in [4.78, 5) is 32.8. The van der Waals surface area contributed by atoms with Gasteiger partial charge < -0.3 is 19.4 Å². The van der Waals surface area contributed by atoms with Crippen LogP contribution in [0.3, 0.4) is 0 Å². The lowest BCUT2D eigenvalue weighted by Crippen LogP contribution is -2.41. The number of hydrogen-bond donors (Lipinski definition) is 2. The normalized spacial score (nSPS) is 14.9. The Labute approximate surface area is 178 Å². The summed E-state index contributed by atoms with van der Waals surface area (Å²) in [5.74, 6) is -0.415. The summed E-state index contributed by atoms with van der Waals surface area (Å²) in [5.41, 5.74) is 0.801. The van der Waals surface area contributed by atoms with E-state index < -0.39 is 5.91 Å². The summed E-state index contributed by atoms with van der Waals surface area (Å²) in [6.45, 7) is 4.73. The second-order valence-corrected chi connectivity index (χ2v) is 7.34. The van der Waals surface area contributed by atoms with Gasteiger partial charge in [0.05, 0.1) is 30.8 Å². The van der Waals surface area contributed by atoms with Crippen LogP contribution in [-0.4, -0.2) is 77.9 Å². The molecule has 1 amide bonds. The molecule has 3 aromatic rings. The van der Waals surface area contributed by atoms with Gasteiger partial charge in [0.1, 0.15) is 16.8 Å². The summed E-state index contributed by atoms with van der Waals surface area (Å²) in [6, 6.07) is 6.79. The highest BCUT2D eigenvalue weighted by atomic mass is 16.5. The molecule has 0 saturated carbocycles. The maximum Gasteiger partial charge on any atom is 0.267 e. The molecule has 1 aliphatic rings. The van der Waals surface area contributed by atoms with E-state index in [1.54, 1.807) is 30.0 Å². The van der Waals surface area contributed by atoms with Gasteiger partial charge in [-0.2, -0.15) is 0 Å². The summed E-state index contributed by atoms with van der Waals surface area (Å²) >= 11 is 0. The lowest BCUT2D eigenvalue weighted by Gasteiger charge is -2.27. The van der Waals surface area contributed by atoms with Crippen molar-refractivity contribution < 1.29 is 14.3 Å². The molecule has 164 valence electrons. The minimum atomic E-state index is -0.415. The predicted molar refractivity (Wildman–Crippen MR) is 114 cm³/mol. The Balaban J connectivity index is 1.82. The number of nitrogens with one attached hydrogen (secondary N) is 2. The number of amides is 1. The Morgan fingerprint density at radius 2 is 2.10 bits per heavy atom. The number of carbonyl (C=O) groups is 1. The van der Waals surface area contributed by atoms with Crippen LogP contribution in [0.4, 0.5) is 0 Å².